The van der Waals surface area contributed by atoms with Crippen molar-refractivity contribution < 1.29 is 14.7 Å². The van der Waals surface area contributed by atoms with Crippen molar-refractivity contribution in [1.82, 2.24) is 9.66 Å². The van der Waals surface area contributed by atoms with E-state index in [9.17, 15) is 14.4 Å². The molecule has 1 aromatic heterocycles. The molecule has 0 aliphatic rings. The number of benzene rings is 1. The predicted molar refractivity (Wildman–Crippen MR) is 92.1 cm³/mol. The molecule has 0 unspecified atom stereocenters. The number of aromatic carboxylic acids is 1. The van der Waals surface area contributed by atoms with Crippen molar-refractivity contribution in [3.8, 4) is 0 Å². The molecule has 3 N–H and O–H groups in total. The highest BCUT2D eigenvalue weighted by Crippen LogP contribution is 2.11. The summed E-state index contributed by atoms with van der Waals surface area (Å²) in [6.45, 7) is 2.43. The number of carbonyl (C=O) groups excluding carboxylic acids is 1. The van der Waals surface area contributed by atoms with Gasteiger partial charge < -0.3 is 10.4 Å². The Balaban J connectivity index is 2.40. The third kappa shape index (κ3) is 3.99. The lowest BCUT2D eigenvalue weighted by Gasteiger charge is -2.14. The molecule has 1 amide bonds. The SMILES string of the molecule is CCCNc1ncc(C(=O)O)c(=O)n1NC(=O)c1ccc(Br)cc1. The van der Waals surface area contributed by atoms with Crippen molar-refractivity contribution >= 4 is 33.8 Å². The monoisotopic (exact) mass is 394 g/mol. The lowest BCUT2D eigenvalue weighted by molar-refractivity contribution is 0.0693. The Bertz CT molecular complexity index is 817. The molecule has 1 heterocycles. The number of nitrogens with one attached hydrogen (secondary N) is 2. The highest BCUT2D eigenvalue weighted by atomic mass is 79.9. The number of amides is 1. The number of aromatic nitrogens is 2. The number of hydrogen-bond acceptors (Lipinski definition) is 5. The van der Waals surface area contributed by atoms with Gasteiger partial charge in [-0.1, -0.05) is 22.9 Å². The van der Waals surface area contributed by atoms with Crippen molar-refractivity contribution in [2.24, 2.45) is 0 Å². The molecule has 1 aromatic carbocycles. The van der Waals surface area contributed by atoms with Gasteiger partial charge in [0.05, 0.1) is 6.20 Å². The van der Waals surface area contributed by atoms with Gasteiger partial charge >= 0.3 is 5.97 Å². The molecule has 0 aliphatic heterocycles. The molecular weight excluding hydrogens is 380 g/mol. The summed E-state index contributed by atoms with van der Waals surface area (Å²) in [7, 11) is 0. The summed E-state index contributed by atoms with van der Waals surface area (Å²) in [5.41, 5.74) is 1.28. The summed E-state index contributed by atoms with van der Waals surface area (Å²) < 4.78 is 1.61. The van der Waals surface area contributed by atoms with Crippen LogP contribution in [0.3, 0.4) is 0 Å². The van der Waals surface area contributed by atoms with E-state index >= 15 is 0 Å². The van der Waals surface area contributed by atoms with Crippen molar-refractivity contribution in [1.29, 1.82) is 0 Å². The van der Waals surface area contributed by atoms with E-state index in [2.05, 4.69) is 31.7 Å². The van der Waals surface area contributed by atoms with Crippen molar-refractivity contribution in [2.45, 2.75) is 13.3 Å². The van der Waals surface area contributed by atoms with Gasteiger partial charge in [0.25, 0.3) is 11.5 Å². The Morgan fingerprint density at radius 3 is 2.54 bits per heavy atom. The molecule has 0 saturated carbocycles. The number of nitrogens with zero attached hydrogens (tertiary/aromatic N) is 2. The predicted octanol–water partition coefficient (Wildman–Crippen LogP) is 1.91. The van der Waals surface area contributed by atoms with E-state index in [-0.39, 0.29) is 5.95 Å². The van der Waals surface area contributed by atoms with E-state index in [4.69, 9.17) is 5.11 Å². The minimum Gasteiger partial charge on any atom is -0.477 e. The summed E-state index contributed by atoms with van der Waals surface area (Å²) in [5, 5.41) is 11.9. The Kier molecular flexibility index (Phi) is 5.69. The van der Waals surface area contributed by atoms with Gasteiger partial charge in [-0.15, -0.1) is 0 Å². The number of rotatable bonds is 6. The average Bonchev–Trinajstić information content (AvgIpc) is 2.55. The summed E-state index contributed by atoms with van der Waals surface area (Å²) in [4.78, 5) is 39.6. The van der Waals surface area contributed by atoms with Gasteiger partial charge in [-0.25, -0.2) is 9.78 Å². The maximum Gasteiger partial charge on any atom is 0.343 e. The van der Waals surface area contributed by atoms with Gasteiger partial charge in [-0.05, 0) is 30.7 Å². The minimum atomic E-state index is -1.42. The molecule has 0 aliphatic carbocycles. The van der Waals surface area contributed by atoms with E-state index in [0.717, 1.165) is 21.8 Å². The third-order valence-corrected chi connectivity index (χ3v) is 3.57. The van der Waals surface area contributed by atoms with Crippen LogP contribution in [0.5, 0.6) is 0 Å². The largest absolute Gasteiger partial charge is 0.477 e. The molecule has 0 fully saturated rings. The van der Waals surface area contributed by atoms with Crippen molar-refractivity contribution in [2.75, 3.05) is 17.3 Å². The quantitative estimate of drug-likeness (QED) is 0.689. The van der Waals surface area contributed by atoms with Crippen molar-refractivity contribution in [3.05, 3.63) is 56.4 Å². The van der Waals surface area contributed by atoms with Crippen LogP contribution >= 0.6 is 15.9 Å². The van der Waals surface area contributed by atoms with E-state index < -0.39 is 23.0 Å². The molecule has 0 radical (unpaired) electrons. The summed E-state index contributed by atoms with van der Waals surface area (Å²) in [6, 6.07) is 6.50. The van der Waals surface area contributed by atoms with Crippen LogP contribution in [0.4, 0.5) is 5.95 Å². The van der Waals surface area contributed by atoms with Crippen LogP contribution in [0.25, 0.3) is 0 Å². The van der Waals surface area contributed by atoms with Crippen LogP contribution in [0.2, 0.25) is 0 Å². The lowest BCUT2D eigenvalue weighted by atomic mass is 10.2. The lowest BCUT2D eigenvalue weighted by Crippen LogP contribution is -2.38. The average molecular weight is 395 g/mol. The second-order valence-corrected chi connectivity index (χ2v) is 5.73. The number of carbonyl (C=O) groups is 2. The molecule has 0 saturated heterocycles. The molecule has 0 atom stereocenters. The molecule has 8 nitrogen and oxygen atoms in total. The Hall–Kier alpha value is -2.68. The molecule has 126 valence electrons. The highest BCUT2D eigenvalue weighted by molar-refractivity contribution is 9.10. The molecule has 9 heteroatoms. The molecule has 0 spiro atoms. The fraction of sp³-hybridized carbons (Fsp3) is 0.200. The summed E-state index contributed by atoms with van der Waals surface area (Å²) in [5.74, 6) is -1.91. The number of hydrogen-bond donors (Lipinski definition) is 3. The first-order valence-electron chi connectivity index (χ1n) is 7.10. The van der Waals surface area contributed by atoms with Gasteiger partial charge in [0.2, 0.25) is 5.95 Å². The zero-order valence-electron chi connectivity index (χ0n) is 12.7. The second-order valence-electron chi connectivity index (χ2n) is 4.82. The first kappa shape index (κ1) is 17.7. The number of carboxylic acids is 1. The fourth-order valence-electron chi connectivity index (χ4n) is 1.83. The molecule has 2 rings (SSSR count). The summed E-state index contributed by atoms with van der Waals surface area (Å²) in [6.07, 6.45) is 1.72. The molecular formula is C15H15BrN4O4. The molecule has 2 aromatic rings. The van der Waals surface area contributed by atoms with E-state index in [1.165, 1.54) is 0 Å². The van der Waals surface area contributed by atoms with E-state index in [1.54, 1.807) is 24.3 Å². The second kappa shape index (κ2) is 7.73. The normalized spacial score (nSPS) is 10.2. The van der Waals surface area contributed by atoms with Crippen LogP contribution in [-0.2, 0) is 0 Å². The van der Waals surface area contributed by atoms with E-state index in [1.807, 2.05) is 6.92 Å². The minimum absolute atomic E-state index is 0.0670. The maximum atomic E-state index is 12.3. The highest BCUT2D eigenvalue weighted by Gasteiger charge is 2.17. The third-order valence-electron chi connectivity index (χ3n) is 3.04. The molecule has 24 heavy (non-hydrogen) atoms. The van der Waals surface area contributed by atoms with Gasteiger partial charge in [0.15, 0.2) is 0 Å². The number of halogens is 1. The van der Waals surface area contributed by atoms with Crippen LogP contribution in [-0.4, -0.2) is 33.2 Å². The van der Waals surface area contributed by atoms with Gasteiger partial charge in [0, 0.05) is 16.6 Å². The smallest absolute Gasteiger partial charge is 0.343 e. The van der Waals surface area contributed by atoms with Crippen LogP contribution < -0.4 is 16.3 Å². The van der Waals surface area contributed by atoms with Crippen LogP contribution in [0, 0.1) is 0 Å². The topological polar surface area (TPSA) is 113 Å². The fourth-order valence-corrected chi connectivity index (χ4v) is 2.10. The van der Waals surface area contributed by atoms with Gasteiger partial charge in [-0.3, -0.25) is 15.0 Å². The van der Waals surface area contributed by atoms with Crippen LogP contribution in [0.15, 0.2) is 39.7 Å². The van der Waals surface area contributed by atoms with Gasteiger partial charge in [0.1, 0.15) is 5.56 Å². The standard InChI is InChI=1S/C15H15BrN4O4/c1-2-7-17-15-18-8-11(14(23)24)13(22)20(15)19-12(21)9-3-5-10(16)6-4-9/h3-6,8H,2,7H2,1H3,(H,17,18)(H,19,21)(H,23,24). The Morgan fingerprint density at radius 1 is 1.29 bits per heavy atom. The number of carboxylic acid groups (broad SMARTS) is 1. The summed E-state index contributed by atoms with van der Waals surface area (Å²) >= 11 is 3.27. The first-order valence-corrected chi connectivity index (χ1v) is 7.89. The van der Waals surface area contributed by atoms with E-state index in [0.29, 0.717) is 12.1 Å². The Morgan fingerprint density at radius 2 is 1.96 bits per heavy atom. The van der Waals surface area contributed by atoms with Gasteiger partial charge in [-0.2, -0.15) is 4.68 Å². The molecule has 0 bridgehead atoms. The van der Waals surface area contributed by atoms with Crippen LogP contribution in [0.1, 0.15) is 34.1 Å². The number of anilines is 1. The maximum absolute atomic E-state index is 12.3. The Labute approximate surface area is 145 Å². The zero-order valence-corrected chi connectivity index (χ0v) is 14.3. The first-order chi connectivity index (χ1) is 11.4. The zero-order chi connectivity index (χ0) is 17.7. The van der Waals surface area contributed by atoms with Crippen molar-refractivity contribution in [3.63, 3.8) is 0 Å².